The average Bonchev–Trinajstić information content (AvgIpc) is 2.58. The summed E-state index contributed by atoms with van der Waals surface area (Å²) in [6, 6.07) is 6.34. The zero-order chi connectivity index (χ0) is 20.5. The third kappa shape index (κ3) is 4.37. The maximum absolute atomic E-state index is 13.0. The van der Waals surface area contributed by atoms with E-state index in [0.717, 1.165) is 0 Å². The molecule has 10 heteroatoms. The number of hydrogen-bond acceptors (Lipinski definition) is 3. The first-order chi connectivity index (χ1) is 12.4. The Kier molecular flexibility index (Phi) is 6.10. The highest BCUT2D eigenvalue weighted by atomic mass is 19.4. The van der Waals surface area contributed by atoms with Gasteiger partial charge in [0.2, 0.25) is 0 Å². The van der Waals surface area contributed by atoms with E-state index in [1.807, 2.05) is 0 Å². The van der Waals surface area contributed by atoms with Crippen molar-refractivity contribution in [2.45, 2.75) is 55.7 Å². The predicted molar refractivity (Wildman–Crippen MR) is 82.8 cm³/mol. The van der Waals surface area contributed by atoms with Gasteiger partial charge in [-0.3, -0.25) is 10.1 Å². The number of benzene rings is 1. The Balaban J connectivity index is 2.09. The van der Waals surface area contributed by atoms with E-state index in [1.54, 1.807) is 30.3 Å². The van der Waals surface area contributed by atoms with Crippen LogP contribution in [0.25, 0.3) is 0 Å². The van der Waals surface area contributed by atoms with Crippen LogP contribution in [0.2, 0.25) is 0 Å². The molecule has 1 fully saturated rings. The zero-order valence-corrected chi connectivity index (χ0v) is 14.0. The second kappa shape index (κ2) is 7.67. The van der Waals surface area contributed by atoms with Gasteiger partial charge in [-0.1, -0.05) is 30.3 Å². The molecule has 1 unspecified atom stereocenters. The lowest BCUT2D eigenvalue weighted by Gasteiger charge is -2.42. The highest BCUT2D eigenvalue weighted by Gasteiger charge is 2.73. The van der Waals surface area contributed by atoms with Gasteiger partial charge in [0.05, 0.1) is 0 Å². The fourth-order valence-corrected chi connectivity index (χ4v) is 3.49. The first-order valence-corrected chi connectivity index (χ1v) is 8.27. The number of aliphatic hydroxyl groups is 1. The van der Waals surface area contributed by atoms with E-state index >= 15 is 0 Å². The monoisotopic (exact) mass is 399 g/mol. The molecular weight excluding hydrogens is 380 g/mol. The van der Waals surface area contributed by atoms with Gasteiger partial charge in [0.25, 0.3) is 5.60 Å². The van der Waals surface area contributed by atoms with Crippen LogP contribution in [-0.4, -0.2) is 40.2 Å². The Bertz CT molecular complexity index is 624. The Labute approximate surface area is 151 Å². The summed E-state index contributed by atoms with van der Waals surface area (Å²) in [6.07, 6.45) is -13.0. The van der Waals surface area contributed by atoms with Crippen LogP contribution in [0.3, 0.4) is 0 Å². The molecule has 0 aliphatic heterocycles. The summed E-state index contributed by atoms with van der Waals surface area (Å²) in [5.74, 6) is -3.24. The molecule has 1 aliphatic carbocycles. The van der Waals surface area contributed by atoms with Crippen LogP contribution < -0.4 is 5.32 Å². The minimum Gasteiger partial charge on any atom is -0.480 e. The molecule has 1 aromatic carbocycles. The number of hydrogen-bond donors (Lipinski definition) is 3. The molecule has 4 nitrogen and oxygen atoms in total. The molecule has 0 radical (unpaired) electrons. The van der Waals surface area contributed by atoms with Crippen molar-refractivity contribution >= 4 is 5.97 Å². The largest absolute Gasteiger partial charge is 0.480 e. The second-order valence-corrected chi connectivity index (χ2v) is 6.66. The van der Waals surface area contributed by atoms with Crippen LogP contribution >= 0.6 is 0 Å². The molecule has 1 atom stereocenters. The van der Waals surface area contributed by atoms with E-state index in [4.69, 9.17) is 0 Å². The van der Waals surface area contributed by atoms with Crippen LogP contribution in [0.1, 0.15) is 37.3 Å². The first kappa shape index (κ1) is 21.5. The van der Waals surface area contributed by atoms with Crippen LogP contribution in [-0.2, 0) is 4.79 Å². The Morgan fingerprint density at radius 3 is 1.85 bits per heavy atom. The quantitative estimate of drug-likeness (QED) is 0.659. The minimum absolute atomic E-state index is 0.115. The Morgan fingerprint density at radius 1 is 0.963 bits per heavy atom. The fraction of sp³-hybridized carbons (Fsp3) is 0.588. The maximum atomic E-state index is 13.0. The fourth-order valence-electron chi connectivity index (χ4n) is 3.49. The van der Waals surface area contributed by atoms with E-state index in [-0.39, 0.29) is 12.8 Å². The van der Waals surface area contributed by atoms with Gasteiger partial charge in [0.1, 0.15) is 6.04 Å². The molecule has 0 aromatic heterocycles. The van der Waals surface area contributed by atoms with Gasteiger partial charge >= 0.3 is 18.3 Å². The lowest BCUT2D eigenvalue weighted by atomic mass is 9.74. The molecule has 0 amide bonds. The third-order valence-electron chi connectivity index (χ3n) is 4.96. The van der Waals surface area contributed by atoms with E-state index in [0.29, 0.717) is 5.56 Å². The van der Waals surface area contributed by atoms with Crippen molar-refractivity contribution in [3.63, 3.8) is 0 Å². The Hall–Kier alpha value is -1.81. The molecule has 152 valence electrons. The van der Waals surface area contributed by atoms with E-state index in [1.165, 1.54) is 0 Å². The molecule has 0 saturated heterocycles. The number of carbonyl (C=O) groups is 1. The molecule has 1 saturated carbocycles. The lowest BCUT2D eigenvalue weighted by molar-refractivity contribution is -0.387. The summed E-state index contributed by atoms with van der Waals surface area (Å²) in [5, 5.41) is 21.6. The van der Waals surface area contributed by atoms with Crippen molar-refractivity contribution in [3.05, 3.63) is 35.9 Å². The molecule has 1 aromatic rings. The van der Waals surface area contributed by atoms with Gasteiger partial charge < -0.3 is 10.2 Å². The number of alkyl halides is 6. The van der Waals surface area contributed by atoms with Crippen LogP contribution in [0.15, 0.2) is 30.3 Å². The van der Waals surface area contributed by atoms with Crippen molar-refractivity contribution < 1.29 is 41.4 Å². The second-order valence-electron chi connectivity index (χ2n) is 6.66. The molecule has 27 heavy (non-hydrogen) atoms. The average molecular weight is 399 g/mol. The summed E-state index contributed by atoms with van der Waals surface area (Å²) >= 11 is 0. The SMILES string of the molecule is O=C(O)C(NC1CCC(C(O)(C(F)(F)F)C(F)(F)F)CC1)c1ccccc1. The van der Waals surface area contributed by atoms with Crippen LogP contribution in [0, 0.1) is 5.92 Å². The topological polar surface area (TPSA) is 69.6 Å². The van der Waals surface area contributed by atoms with E-state index < -0.39 is 54.8 Å². The lowest BCUT2D eigenvalue weighted by Crippen LogP contribution is -2.62. The highest BCUT2D eigenvalue weighted by molar-refractivity contribution is 5.75. The van der Waals surface area contributed by atoms with Gasteiger partial charge in [-0.05, 0) is 31.2 Å². The number of carboxylic acid groups (broad SMARTS) is 1. The summed E-state index contributed by atoms with van der Waals surface area (Å²) in [6.45, 7) is 0. The summed E-state index contributed by atoms with van der Waals surface area (Å²) in [7, 11) is 0. The van der Waals surface area contributed by atoms with E-state index in [9.17, 15) is 41.4 Å². The van der Waals surface area contributed by atoms with Gasteiger partial charge in [-0.15, -0.1) is 0 Å². The Morgan fingerprint density at radius 2 is 1.44 bits per heavy atom. The molecular formula is C17H19F6NO3. The molecule has 0 spiro atoms. The molecule has 0 heterocycles. The standard InChI is InChI=1S/C17H19F6NO3/c18-16(19,20)15(27,17(21,22)23)11-6-8-12(9-7-11)24-13(14(25)26)10-4-2-1-3-5-10/h1-5,11-13,24,27H,6-9H2,(H,25,26). The van der Waals surface area contributed by atoms with Crippen LogP contribution in [0.5, 0.6) is 0 Å². The van der Waals surface area contributed by atoms with Crippen molar-refractivity contribution in [1.82, 2.24) is 5.32 Å². The summed E-state index contributed by atoms with van der Waals surface area (Å²) < 4.78 is 77.7. The van der Waals surface area contributed by atoms with Gasteiger partial charge in [-0.2, -0.15) is 26.3 Å². The highest BCUT2D eigenvalue weighted by Crippen LogP contribution is 2.51. The van der Waals surface area contributed by atoms with Crippen LogP contribution in [0.4, 0.5) is 26.3 Å². The third-order valence-corrected chi connectivity index (χ3v) is 4.96. The smallest absolute Gasteiger partial charge is 0.426 e. The predicted octanol–water partition coefficient (Wildman–Crippen LogP) is 3.82. The summed E-state index contributed by atoms with van der Waals surface area (Å²) in [5.41, 5.74) is -4.34. The number of aliphatic carboxylic acids is 1. The first-order valence-electron chi connectivity index (χ1n) is 8.27. The van der Waals surface area contributed by atoms with Gasteiger partial charge in [-0.25, -0.2) is 0 Å². The van der Waals surface area contributed by atoms with Crippen molar-refractivity contribution in [2.75, 3.05) is 0 Å². The van der Waals surface area contributed by atoms with Gasteiger partial charge in [0, 0.05) is 12.0 Å². The number of carboxylic acids is 1. The number of halogens is 6. The van der Waals surface area contributed by atoms with Crippen molar-refractivity contribution in [2.24, 2.45) is 5.92 Å². The minimum atomic E-state index is -5.84. The van der Waals surface area contributed by atoms with Crippen molar-refractivity contribution in [3.8, 4) is 0 Å². The molecule has 2 rings (SSSR count). The maximum Gasteiger partial charge on any atom is 0.426 e. The zero-order valence-electron chi connectivity index (χ0n) is 14.0. The van der Waals surface area contributed by atoms with Crippen molar-refractivity contribution in [1.29, 1.82) is 0 Å². The van der Waals surface area contributed by atoms with E-state index in [2.05, 4.69) is 5.32 Å². The molecule has 0 bridgehead atoms. The number of rotatable bonds is 5. The normalized spacial score (nSPS) is 23.1. The summed E-state index contributed by atoms with van der Waals surface area (Å²) in [4.78, 5) is 11.5. The number of nitrogens with one attached hydrogen (secondary N) is 1. The van der Waals surface area contributed by atoms with Gasteiger partial charge in [0.15, 0.2) is 0 Å². The molecule has 1 aliphatic rings. The molecule has 3 N–H and O–H groups in total.